The molecule has 0 unspecified atom stereocenters. The first kappa shape index (κ1) is 13.3. The maximum absolute atomic E-state index is 11.2. The maximum Gasteiger partial charge on any atom is 0.358 e. The van der Waals surface area contributed by atoms with Gasteiger partial charge in [-0.15, -0.1) is 0 Å². The summed E-state index contributed by atoms with van der Waals surface area (Å²) in [6, 6.07) is 0. The van der Waals surface area contributed by atoms with Crippen molar-refractivity contribution in [2.24, 2.45) is 0 Å². The number of rotatable bonds is 6. The van der Waals surface area contributed by atoms with E-state index in [1.807, 2.05) is 0 Å². The van der Waals surface area contributed by atoms with Gasteiger partial charge in [0.1, 0.15) is 5.82 Å². The average Bonchev–Trinajstić information content (AvgIpc) is 2.39. The van der Waals surface area contributed by atoms with E-state index in [0.29, 0.717) is 12.4 Å². The molecule has 1 rings (SSSR count). The second kappa shape index (κ2) is 6.77. The molecule has 0 amide bonds. The minimum absolute atomic E-state index is 0.142. The third-order valence-corrected chi connectivity index (χ3v) is 2.00. The number of ether oxygens (including phenoxy) is 3. The second-order valence-corrected chi connectivity index (χ2v) is 3.06. The molecule has 0 radical (unpaired) electrons. The molecule has 0 aromatic carbocycles. The Morgan fingerprint density at radius 3 is 2.65 bits per heavy atom. The van der Waals surface area contributed by atoms with Gasteiger partial charge in [-0.3, -0.25) is 4.98 Å². The fourth-order valence-corrected chi connectivity index (χ4v) is 1.10. The van der Waals surface area contributed by atoms with Crippen molar-refractivity contribution >= 4 is 11.8 Å². The van der Waals surface area contributed by atoms with Crippen molar-refractivity contribution in [3.63, 3.8) is 0 Å². The van der Waals surface area contributed by atoms with E-state index in [9.17, 15) is 4.79 Å². The number of carbonyl (C=O) groups is 1. The number of anilines is 1. The van der Waals surface area contributed by atoms with Crippen LogP contribution < -0.4 is 5.32 Å². The number of carbonyl (C=O) groups excluding carboxylic acids is 1. The van der Waals surface area contributed by atoms with Crippen LogP contribution in [0.4, 0.5) is 5.82 Å². The molecule has 0 bridgehead atoms. The van der Waals surface area contributed by atoms with Crippen molar-refractivity contribution in [2.45, 2.75) is 6.29 Å². The van der Waals surface area contributed by atoms with Crippen LogP contribution in [0.25, 0.3) is 0 Å². The van der Waals surface area contributed by atoms with Gasteiger partial charge in [-0.1, -0.05) is 0 Å². The van der Waals surface area contributed by atoms with E-state index in [0.717, 1.165) is 0 Å². The first-order valence-electron chi connectivity index (χ1n) is 4.91. The van der Waals surface area contributed by atoms with Crippen molar-refractivity contribution in [1.29, 1.82) is 0 Å². The molecule has 7 nitrogen and oxygen atoms in total. The smallest absolute Gasteiger partial charge is 0.358 e. The summed E-state index contributed by atoms with van der Waals surface area (Å²) in [6.07, 6.45) is 2.44. The summed E-state index contributed by atoms with van der Waals surface area (Å²) in [6.45, 7) is 0.395. The average molecular weight is 241 g/mol. The predicted molar refractivity (Wildman–Crippen MR) is 59.7 cm³/mol. The molecule has 17 heavy (non-hydrogen) atoms. The highest BCUT2D eigenvalue weighted by molar-refractivity contribution is 5.87. The highest BCUT2D eigenvalue weighted by Crippen LogP contribution is 2.04. The zero-order valence-electron chi connectivity index (χ0n) is 9.97. The third kappa shape index (κ3) is 3.97. The molecule has 1 N–H and O–H groups in total. The Bertz CT molecular complexity index is 368. The standard InChI is InChI=1S/C10H15N3O4/c1-15-9(16-2)6-12-8-5-11-4-7(13-8)10(14)17-3/h4-5,9H,6H2,1-3H3,(H,12,13). The van der Waals surface area contributed by atoms with Crippen LogP contribution in [0.2, 0.25) is 0 Å². The number of aromatic nitrogens is 2. The molecule has 0 fully saturated rings. The number of esters is 1. The lowest BCUT2D eigenvalue weighted by molar-refractivity contribution is -0.0914. The summed E-state index contributed by atoms with van der Waals surface area (Å²) < 4.78 is 14.5. The van der Waals surface area contributed by atoms with Gasteiger partial charge in [0, 0.05) is 14.2 Å². The van der Waals surface area contributed by atoms with Gasteiger partial charge < -0.3 is 19.5 Å². The molecule has 0 aliphatic heterocycles. The summed E-state index contributed by atoms with van der Waals surface area (Å²) >= 11 is 0. The first-order valence-corrected chi connectivity index (χ1v) is 4.91. The van der Waals surface area contributed by atoms with Crippen LogP contribution in [0.1, 0.15) is 10.5 Å². The number of hydrogen-bond acceptors (Lipinski definition) is 7. The highest BCUT2D eigenvalue weighted by atomic mass is 16.7. The van der Waals surface area contributed by atoms with E-state index in [2.05, 4.69) is 20.0 Å². The predicted octanol–water partition coefficient (Wildman–Crippen LogP) is 0.294. The van der Waals surface area contributed by atoms with Crippen molar-refractivity contribution in [2.75, 3.05) is 33.2 Å². The Balaban J connectivity index is 2.62. The Morgan fingerprint density at radius 1 is 1.35 bits per heavy atom. The molecule has 0 saturated heterocycles. The van der Waals surface area contributed by atoms with E-state index >= 15 is 0 Å². The Hall–Kier alpha value is -1.73. The van der Waals surface area contributed by atoms with Crippen LogP contribution in [-0.4, -0.2) is 50.1 Å². The zero-order chi connectivity index (χ0) is 12.7. The van der Waals surface area contributed by atoms with Crippen LogP contribution in [0.5, 0.6) is 0 Å². The number of methoxy groups -OCH3 is 3. The lowest BCUT2D eigenvalue weighted by Gasteiger charge is -2.14. The molecule has 7 heteroatoms. The van der Waals surface area contributed by atoms with Crippen LogP contribution in [0.3, 0.4) is 0 Å². The van der Waals surface area contributed by atoms with E-state index in [1.54, 1.807) is 0 Å². The summed E-state index contributed by atoms with van der Waals surface area (Å²) in [5.74, 6) is -0.0804. The molecule has 1 heterocycles. The number of hydrogen-bond donors (Lipinski definition) is 1. The van der Waals surface area contributed by atoms with Gasteiger partial charge in [-0.05, 0) is 0 Å². The van der Waals surface area contributed by atoms with Gasteiger partial charge in [0.05, 0.1) is 26.0 Å². The van der Waals surface area contributed by atoms with Crippen LogP contribution in [-0.2, 0) is 14.2 Å². The lowest BCUT2D eigenvalue weighted by Crippen LogP contribution is -2.24. The zero-order valence-corrected chi connectivity index (χ0v) is 9.97. The number of nitrogens with zero attached hydrogens (tertiary/aromatic N) is 2. The van der Waals surface area contributed by atoms with Gasteiger partial charge in [-0.25, -0.2) is 9.78 Å². The molecule has 0 saturated carbocycles. The topological polar surface area (TPSA) is 82.6 Å². The molecular weight excluding hydrogens is 226 g/mol. The summed E-state index contributed by atoms with van der Waals surface area (Å²) in [5.41, 5.74) is 0.142. The van der Waals surface area contributed by atoms with Crippen molar-refractivity contribution in [3.05, 3.63) is 18.1 Å². The largest absolute Gasteiger partial charge is 0.464 e. The summed E-state index contributed by atoms with van der Waals surface area (Å²) in [4.78, 5) is 19.1. The fraction of sp³-hybridized carbons (Fsp3) is 0.500. The van der Waals surface area contributed by atoms with Crippen molar-refractivity contribution in [1.82, 2.24) is 9.97 Å². The SMILES string of the molecule is COC(=O)c1cncc(NCC(OC)OC)n1. The van der Waals surface area contributed by atoms with Crippen LogP contribution in [0.15, 0.2) is 12.4 Å². The van der Waals surface area contributed by atoms with Gasteiger partial charge >= 0.3 is 5.97 Å². The third-order valence-electron chi connectivity index (χ3n) is 2.00. The number of nitrogens with one attached hydrogen (secondary N) is 1. The minimum atomic E-state index is -0.531. The Morgan fingerprint density at radius 2 is 2.06 bits per heavy atom. The monoisotopic (exact) mass is 241 g/mol. The highest BCUT2D eigenvalue weighted by Gasteiger charge is 2.09. The van der Waals surface area contributed by atoms with Gasteiger partial charge in [0.2, 0.25) is 0 Å². The van der Waals surface area contributed by atoms with Gasteiger partial charge in [0.25, 0.3) is 0 Å². The second-order valence-electron chi connectivity index (χ2n) is 3.06. The lowest BCUT2D eigenvalue weighted by atomic mass is 10.4. The fourth-order valence-electron chi connectivity index (χ4n) is 1.10. The quantitative estimate of drug-likeness (QED) is 0.566. The minimum Gasteiger partial charge on any atom is -0.464 e. The molecule has 94 valence electrons. The maximum atomic E-state index is 11.2. The van der Waals surface area contributed by atoms with Crippen molar-refractivity contribution < 1.29 is 19.0 Å². The van der Waals surface area contributed by atoms with E-state index in [1.165, 1.54) is 33.7 Å². The van der Waals surface area contributed by atoms with Gasteiger partial charge in [0.15, 0.2) is 12.0 Å². The van der Waals surface area contributed by atoms with Crippen LogP contribution >= 0.6 is 0 Å². The molecule has 1 aromatic rings. The summed E-state index contributed by atoms with van der Waals surface area (Å²) in [7, 11) is 4.36. The summed E-state index contributed by atoms with van der Waals surface area (Å²) in [5, 5.41) is 2.93. The van der Waals surface area contributed by atoms with E-state index in [4.69, 9.17) is 9.47 Å². The molecular formula is C10H15N3O4. The first-order chi connectivity index (χ1) is 8.21. The molecule has 0 aliphatic rings. The van der Waals surface area contributed by atoms with Crippen molar-refractivity contribution in [3.8, 4) is 0 Å². The molecule has 0 aliphatic carbocycles. The van der Waals surface area contributed by atoms with Gasteiger partial charge in [-0.2, -0.15) is 0 Å². The molecule has 0 spiro atoms. The molecule has 1 aromatic heterocycles. The Kier molecular flexibility index (Phi) is 5.31. The normalized spacial score (nSPS) is 10.4. The Labute approximate surface area is 99.1 Å². The van der Waals surface area contributed by atoms with Crippen LogP contribution in [0, 0.1) is 0 Å². The molecule has 0 atom stereocenters. The van der Waals surface area contributed by atoms with E-state index in [-0.39, 0.29) is 5.69 Å². The van der Waals surface area contributed by atoms with E-state index < -0.39 is 12.3 Å².